The van der Waals surface area contributed by atoms with Gasteiger partial charge in [0.1, 0.15) is 5.75 Å². The summed E-state index contributed by atoms with van der Waals surface area (Å²) in [5.41, 5.74) is 1.57. The predicted molar refractivity (Wildman–Crippen MR) is 72.7 cm³/mol. The van der Waals surface area contributed by atoms with Gasteiger partial charge in [-0.3, -0.25) is 0 Å². The maximum Gasteiger partial charge on any atom is 0.120 e. The fourth-order valence-electron chi connectivity index (χ4n) is 1.46. The van der Waals surface area contributed by atoms with Gasteiger partial charge in [-0.2, -0.15) is 0 Å². The van der Waals surface area contributed by atoms with Gasteiger partial charge in [-0.25, -0.2) is 0 Å². The van der Waals surface area contributed by atoms with E-state index < -0.39 is 0 Å². The Labute approximate surface area is 110 Å². The molecule has 0 saturated heterocycles. The van der Waals surface area contributed by atoms with Gasteiger partial charge in [0.2, 0.25) is 0 Å². The summed E-state index contributed by atoms with van der Waals surface area (Å²) in [6.07, 6.45) is 0. The molecule has 0 atom stereocenters. The Morgan fingerprint density at radius 2 is 1.65 bits per heavy atom. The Bertz CT molecular complexity index is 508. The van der Waals surface area contributed by atoms with Crippen LogP contribution in [-0.2, 0) is 0 Å². The number of halogens is 2. The zero-order valence-corrected chi connectivity index (χ0v) is 10.7. The Balaban J connectivity index is 2.31. The molecule has 0 saturated carbocycles. The summed E-state index contributed by atoms with van der Waals surface area (Å²) >= 11 is 12.1. The summed E-state index contributed by atoms with van der Waals surface area (Å²) in [7, 11) is 1.63. The molecule has 0 radical (unpaired) electrons. The molecule has 88 valence electrons. The number of rotatable bonds is 3. The van der Waals surface area contributed by atoms with Crippen LogP contribution in [0.25, 0.3) is 0 Å². The largest absolute Gasteiger partial charge is 0.497 e. The molecule has 2 aromatic rings. The van der Waals surface area contributed by atoms with E-state index in [1.54, 1.807) is 25.3 Å². The summed E-state index contributed by atoms with van der Waals surface area (Å²) in [6.45, 7) is 0. The first-order chi connectivity index (χ1) is 8.20. The first-order valence-electron chi connectivity index (χ1n) is 5.06. The molecule has 4 heteroatoms. The number of nitrogens with one attached hydrogen (secondary N) is 1. The van der Waals surface area contributed by atoms with E-state index in [2.05, 4.69) is 5.32 Å². The van der Waals surface area contributed by atoms with E-state index >= 15 is 0 Å². The lowest BCUT2D eigenvalue weighted by Gasteiger charge is -2.11. The fraction of sp³-hybridized carbons (Fsp3) is 0.0769. The standard InChI is InChI=1S/C13H11Cl2NO/c1-17-10-5-2-4-9(8-10)16-13-11(14)6-3-7-12(13)15/h2-8,16H,1H3. The average Bonchev–Trinajstić information content (AvgIpc) is 2.34. The number of para-hydroxylation sites is 1. The summed E-state index contributed by atoms with van der Waals surface area (Å²) in [5.74, 6) is 0.776. The molecular weight excluding hydrogens is 257 g/mol. The third kappa shape index (κ3) is 2.84. The fourth-order valence-corrected chi connectivity index (χ4v) is 1.95. The van der Waals surface area contributed by atoms with E-state index in [1.165, 1.54) is 0 Å². The van der Waals surface area contributed by atoms with Gasteiger partial charge in [-0.15, -0.1) is 0 Å². The van der Waals surface area contributed by atoms with Gasteiger partial charge in [-0.1, -0.05) is 35.3 Å². The van der Waals surface area contributed by atoms with Gasteiger partial charge in [0, 0.05) is 11.8 Å². The Hall–Kier alpha value is -1.38. The second-order valence-corrected chi connectivity index (χ2v) is 4.27. The van der Waals surface area contributed by atoms with Crippen LogP contribution in [0.3, 0.4) is 0 Å². The molecule has 0 aliphatic rings. The van der Waals surface area contributed by atoms with Crippen molar-refractivity contribution in [1.29, 1.82) is 0 Å². The van der Waals surface area contributed by atoms with Crippen LogP contribution in [0, 0.1) is 0 Å². The highest BCUT2D eigenvalue weighted by Gasteiger charge is 2.05. The van der Waals surface area contributed by atoms with Crippen molar-refractivity contribution < 1.29 is 4.74 Å². The van der Waals surface area contributed by atoms with E-state index in [4.69, 9.17) is 27.9 Å². The summed E-state index contributed by atoms with van der Waals surface area (Å²) < 4.78 is 5.15. The normalized spacial score (nSPS) is 10.1. The summed E-state index contributed by atoms with van der Waals surface area (Å²) in [4.78, 5) is 0. The third-order valence-electron chi connectivity index (χ3n) is 2.30. The SMILES string of the molecule is COc1cccc(Nc2c(Cl)cccc2Cl)c1. The summed E-state index contributed by atoms with van der Waals surface area (Å²) in [5, 5.41) is 4.34. The van der Waals surface area contributed by atoms with E-state index in [1.807, 2.05) is 24.3 Å². The molecule has 0 unspecified atom stereocenters. The highest BCUT2D eigenvalue weighted by atomic mass is 35.5. The van der Waals surface area contributed by atoms with Crippen LogP contribution >= 0.6 is 23.2 Å². The Morgan fingerprint density at radius 1 is 1.00 bits per heavy atom. The number of hydrogen-bond acceptors (Lipinski definition) is 2. The number of methoxy groups -OCH3 is 1. The van der Waals surface area contributed by atoms with Crippen LogP contribution in [0.15, 0.2) is 42.5 Å². The maximum atomic E-state index is 6.07. The van der Waals surface area contributed by atoms with Crippen molar-refractivity contribution in [3.8, 4) is 5.75 Å². The minimum atomic E-state index is 0.584. The van der Waals surface area contributed by atoms with Crippen LogP contribution in [0.2, 0.25) is 10.0 Å². The monoisotopic (exact) mass is 267 g/mol. The number of benzene rings is 2. The van der Waals surface area contributed by atoms with E-state index in [9.17, 15) is 0 Å². The van der Waals surface area contributed by atoms with Crippen molar-refractivity contribution in [3.63, 3.8) is 0 Å². The molecule has 0 heterocycles. The molecule has 2 aromatic carbocycles. The molecule has 1 N–H and O–H groups in total. The molecule has 0 bridgehead atoms. The Morgan fingerprint density at radius 3 is 2.29 bits per heavy atom. The van der Waals surface area contributed by atoms with Crippen molar-refractivity contribution >= 4 is 34.6 Å². The zero-order valence-electron chi connectivity index (χ0n) is 9.21. The molecule has 2 nitrogen and oxygen atoms in total. The van der Waals surface area contributed by atoms with Gasteiger partial charge < -0.3 is 10.1 Å². The molecule has 0 aromatic heterocycles. The minimum absolute atomic E-state index is 0.584. The maximum absolute atomic E-state index is 6.07. The van der Waals surface area contributed by atoms with Crippen molar-refractivity contribution in [3.05, 3.63) is 52.5 Å². The molecule has 0 aliphatic carbocycles. The number of hydrogen-bond donors (Lipinski definition) is 1. The van der Waals surface area contributed by atoms with Gasteiger partial charge in [0.15, 0.2) is 0 Å². The molecule has 2 rings (SSSR count). The second-order valence-electron chi connectivity index (χ2n) is 3.45. The van der Waals surface area contributed by atoms with Crippen LogP contribution in [0.1, 0.15) is 0 Å². The molecule has 0 amide bonds. The lowest BCUT2D eigenvalue weighted by molar-refractivity contribution is 0.415. The van der Waals surface area contributed by atoms with Crippen molar-refractivity contribution in [2.24, 2.45) is 0 Å². The smallest absolute Gasteiger partial charge is 0.120 e. The molecule has 17 heavy (non-hydrogen) atoms. The topological polar surface area (TPSA) is 21.3 Å². The highest BCUT2D eigenvalue weighted by Crippen LogP contribution is 2.33. The zero-order chi connectivity index (χ0) is 12.3. The van der Waals surface area contributed by atoms with E-state index in [0.717, 1.165) is 11.4 Å². The van der Waals surface area contributed by atoms with Crippen molar-refractivity contribution in [2.45, 2.75) is 0 Å². The van der Waals surface area contributed by atoms with Gasteiger partial charge in [-0.05, 0) is 24.3 Å². The van der Waals surface area contributed by atoms with Crippen LogP contribution in [0.5, 0.6) is 5.75 Å². The minimum Gasteiger partial charge on any atom is -0.497 e. The highest BCUT2D eigenvalue weighted by molar-refractivity contribution is 6.39. The number of ether oxygens (including phenoxy) is 1. The van der Waals surface area contributed by atoms with Gasteiger partial charge >= 0.3 is 0 Å². The predicted octanol–water partition coefficient (Wildman–Crippen LogP) is 4.75. The molecule has 0 spiro atoms. The van der Waals surface area contributed by atoms with E-state index in [0.29, 0.717) is 15.7 Å². The number of anilines is 2. The lowest BCUT2D eigenvalue weighted by Crippen LogP contribution is -1.93. The first kappa shape index (κ1) is 12.1. The first-order valence-corrected chi connectivity index (χ1v) is 5.81. The lowest BCUT2D eigenvalue weighted by atomic mass is 10.2. The molecular formula is C13H11Cl2NO. The van der Waals surface area contributed by atoms with Gasteiger partial charge in [0.05, 0.1) is 22.8 Å². The molecule has 0 aliphatic heterocycles. The van der Waals surface area contributed by atoms with E-state index in [-0.39, 0.29) is 0 Å². The Kier molecular flexibility index (Phi) is 3.77. The van der Waals surface area contributed by atoms with Crippen LogP contribution in [-0.4, -0.2) is 7.11 Å². The molecule has 0 fully saturated rings. The van der Waals surface area contributed by atoms with Crippen molar-refractivity contribution in [1.82, 2.24) is 0 Å². The van der Waals surface area contributed by atoms with Gasteiger partial charge in [0.25, 0.3) is 0 Å². The average molecular weight is 268 g/mol. The second kappa shape index (κ2) is 5.30. The van der Waals surface area contributed by atoms with Crippen LogP contribution < -0.4 is 10.1 Å². The quantitative estimate of drug-likeness (QED) is 0.867. The third-order valence-corrected chi connectivity index (χ3v) is 2.93. The van der Waals surface area contributed by atoms with Crippen molar-refractivity contribution in [2.75, 3.05) is 12.4 Å². The van der Waals surface area contributed by atoms with Crippen LogP contribution in [0.4, 0.5) is 11.4 Å². The summed E-state index contributed by atoms with van der Waals surface area (Å²) in [6, 6.07) is 12.9.